The van der Waals surface area contributed by atoms with Crippen LogP contribution in [0.4, 0.5) is 34.8 Å². The van der Waals surface area contributed by atoms with Crippen LogP contribution in [0.5, 0.6) is 0 Å². The van der Waals surface area contributed by atoms with Crippen molar-refractivity contribution < 1.29 is 28.5 Å². The molecule has 0 saturated carbocycles. The van der Waals surface area contributed by atoms with Gasteiger partial charge < -0.3 is 30.4 Å². The average Bonchev–Trinajstić information content (AvgIpc) is 3.82. The summed E-state index contributed by atoms with van der Waals surface area (Å²) in [6.45, 7) is 6.31. The second-order valence-electron chi connectivity index (χ2n) is 10.3. The minimum absolute atomic E-state index is 0.0164. The number of carbonyl (C=O) groups excluding carboxylic acids is 2. The number of anilines is 2. The Balaban J connectivity index is 1.53. The first-order valence-corrected chi connectivity index (χ1v) is 14.7. The Morgan fingerprint density at radius 1 is 0.833 bits per heavy atom. The molecule has 250 valence electrons. The molecule has 5 aromatic rings. The van der Waals surface area contributed by atoms with E-state index >= 15 is 0 Å². The number of aryl methyl sites for hydroxylation is 4. The first kappa shape index (κ1) is 33.2. The lowest BCUT2D eigenvalue weighted by Gasteiger charge is -2.06. The number of nitrogen functional groups attached to an aromatic ring is 2. The number of nitrogens with two attached hydrogens (primary N) is 2. The van der Waals surface area contributed by atoms with Crippen molar-refractivity contribution in [2.45, 2.75) is 53.4 Å². The highest BCUT2D eigenvalue weighted by molar-refractivity contribution is 6.01. The summed E-state index contributed by atoms with van der Waals surface area (Å²) in [5.74, 6) is -0.873. The Labute approximate surface area is 271 Å². The van der Waals surface area contributed by atoms with Gasteiger partial charge in [0.25, 0.3) is 11.8 Å². The number of aliphatic hydroxyl groups excluding tert-OH is 1. The molecule has 0 fully saturated rings. The predicted molar refractivity (Wildman–Crippen MR) is 167 cm³/mol. The van der Waals surface area contributed by atoms with Gasteiger partial charge in [-0.15, -0.1) is 20.5 Å². The number of Topliss-reactive ketones (excluding diaryl/α,β-unsaturated/α-hetero) is 1. The monoisotopic (exact) mass is 660 g/mol. The molecule has 0 amide bonds. The molecule has 0 aliphatic heterocycles. The topological polar surface area (TPSA) is 279 Å². The molecule has 0 aliphatic carbocycles. The van der Waals surface area contributed by atoms with Crippen LogP contribution in [0.25, 0.3) is 11.6 Å². The Hall–Kier alpha value is -6.18. The van der Waals surface area contributed by atoms with Crippen LogP contribution in [0.1, 0.15) is 70.2 Å². The number of nitrogens with zero attached hydrogens (tertiary/aromatic N) is 12. The Kier molecular flexibility index (Phi) is 9.73. The van der Waals surface area contributed by atoms with Crippen LogP contribution in [0.2, 0.25) is 0 Å². The van der Waals surface area contributed by atoms with Gasteiger partial charge >= 0.3 is 5.97 Å². The number of hydrogen-bond acceptors (Lipinski definition) is 18. The van der Waals surface area contributed by atoms with Crippen LogP contribution < -0.4 is 11.5 Å². The van der Waals surface area contributed by atoms with E-state index in [4.69, 9.17) is 25.3 Å². The van der Waals surface area contributed by atoms with Gasteiger partial charge in [0.05, 0.1) is 29.9 Å². The molecule has 0 unspecified atom stereocenters. The number of methoxy groups -OCH3 is 1. The number of rotatable bonds is 13. The molecule has 20 nitrogen and oxygen atoms in total. The third kappa shape index (κ3) is 6.27. The number of carbonyl (C=O) groups is 2. The fourth-order valence-electron chi connectivity index (χ4n) is 4.67. The quantitative estimate of drug-likeness (QED) is 0.0901. The summed E-state index contributed by atoms with van der Waals surface area (Å²) >= 11 is 0. The Bertz CT molecular complexity index is 1900. The molecule has 0 aliphatic rings. The summed E-state index contributed by atoms with van der Waals surface area (Å²) in [6, 6.07) is 1.56. The normalized spacial score (nSPS) is 11.7. The van der Waals surface area contributed by atoms with Crippen LogP contribution in [0.15, 0.2) is 41.9 Å². The molecule has 0 aromatic carbocycles. The van der Waals surface area contributed by atoms with Gasteiger partial charge in [0.15, 0.2) is 46.0 Å². The lowest BCUT2D eigenvalue weighted by molar-refractivity contribution is 0.0600. The van der Waals surface area contributed by atoms with Crippen LogP contribution in [-0.2, 0) is 17.6 Å². The summed E-state index contributed by atoms with van der Waals surface area (Å²) in [5.41, 5.74) is 15.1. The fourth-order valence-corrected chi connectivity index (χ4v) is 4.67. The van der Waals surface area contributed by atoms with Crippen molar-refractivity contribution >= 4 is 46.5 Å². The molecule has 48 heavy (non-hydrogen) atoms. The van der Waals surface area contributed by atoms with Crippen molar-refractivity contribution in [1.82, 2.24) is 39.8 Å². The maximum atomic E-state index is 12.2. The average molecular weight is 661 g/mol. The predicted octanol–water partition coefficient (Wildman–Crippen LogP) is 4.30. The van der Waals surface area contributed by atoms with E-state index in [1.54, 1.807) is 19.9 Å². The van der Waals surface area contributed by atoms with Crippen molar-refractivity contribution in [3.63, 3.8) is 0 Å². The summed E-state index contributed by atoms with van der Waals surface area (Å²) in [7, 11) is 1.23. The standard InChI is InChI=1S/C28H32N14O6/c1-6-8-15-22(33-35-26-20(17(44)11-43)13(3)39-47-26)24(29)41(37-15)18-10-19(32-12-31-18)42-25(30)23(16(38-42)9-7-2)34-36-27-21(28(45)46-5)14(4)40-48-27/h10,12,43H,6-9,11,29-30H2,1-5H3. The minimum atomic E-state index is -0.746. The van der Waals surface area contributed by atoms with Crippen molar-refractivity contribution in [3.05, 3.63) is 46.3 Å². The smallest absolute Gasteiger partial charge is 0.345 e. The highest BCUT2D eigenvalue weighted by Crippen LogP contribution is 2.35. The number of ketones is 1. The van der Waals surface area contributed by atoms with E-state index < -0.39 is 18.4 Å². The summed E-state index contributed by atoms with van der Waals surface area (Å²) in [4.78, 5) is 33.1. The third-order valence-electron chi connectivity index (χ3n) is 6.96. The van der Waals surface area contributed by atoms with Gasteiger partial charge in [0.2, 0.25) is 0 Å². The lowest BCUT2D eigenvalue weighted by Crippen LogP contribution is -2.09. The number of ether oxygens (including phenoxy) is 1. The highest BCUT2D eigenvalue weighted by Gasteiger charge is 2.24. The highest BCUT2D eigenvalue weighted by atomic mass is 16.5. The second kappa shape index (κ2) is 14.1. The zero-order valence-electron chi connectivity index (χ0n) is 26.7. The summed E-state index contributed by atoms with van der Waals surface area (Å²) in [5, 5.41) is 42.7. The molecule has 5 N–H and O–H groups in total. The maximum absolute atomic E-state index is 12.2. The van der Waals surface area contributed by atoms with E-state index in [0.717, 1.165) is 0 Å². The lowest BCUT2D eigenvalue weighted by atomic mass is 10.2. The zero-order valence-corrected chi connectivity index (χ0v) is 26.7. The van der Waals surface area contributed by atoms with E-state index in [9.17, 15) is 14.7 Å². The molecule has 0 spiro atoms. The van der Waals surface area contributed by atoms with Gasteiger partial charge in [-0.05, 0) is 26.7 Å². The molecule has 0 radical (unpaired) electrons. The number of esters is 1. The summed E-state index contributed by atoms with van der Waals surface area (Å²) in [6.07, 6.45) is 3.70. The van der Waals surface area contributed by atoms with E-state index in [1.165, 1.54) is 22.8 Å². The van der Waals surface area contributed by atoms with Gasteiger partial charge in [0.1, 0.15) is 18.5 Å². The van der Waals surface area contributed by atoms with Crippen molar-refractivity contribution in [2.24, 2.45) is 20.5 Å². The SMILES string of the molecule is CCCc1nn(-c2cc(-n3nc(CCC)c(N=Nc4onc(C)c4C(=O)OC)c3N)ncn2)c(N)c1N=Nc1onc(C)c1C(=O)CO. The van der Waals surface area contributed by atoms with Gasteiger partial charge in [-0.25, -0.2) is 14.8 Å². The molecule has 20 heteroatoms. The van der Waals surface area contributed by atoms with E-state index in [-0.39, 0.29) is 63.2 Å². The van der Waals surface area contributed by atoms with Crippen LogP contribution in [-0.4, -0.2) is 70.4 Å². The molecule has 5 heterocycles. The van der Waals surface area contributed by atoms with Crippen LogP contribution in [0.3, 0.4) is 0 Å². The molecule has 0 atom stereocenters. The molecule has 0 saturated heterocycles. The van der Waals surface area contributed by atoms with Gasteiger partial charge in [0, 0.05) is 6.07 Å². The first-order valence-electron chi connectivity index (χ1n) is 14.7. The second-order valence-corrected chi connectivity index (χ2v) is 10.3. The maximum Gasteiger partial charge on any atom is 0.345 e. The molecular formula is C28H32N14O6. The van der Waals surface area contributed by atoms with Crippen molar-refractivity contribution in [1.29, 1.82) is 0 Å². The molecular weight excluding hydrogens is 628 g/mol. The number of azo groups is 2. The number of aliphatic hydroxyl groups is 1. The third-order valence-corrected chi connectivity index (χ3v) is 6.96. The number of aromatic nitrogens is 8. The van der Waals surface area contributed by atoms with Crippen molar-refractivity contribution in [2.75, 3.05) is 25.2 Å². The Morgan fingerprint density at radius 3 is 1.77 bits per heavy atom. The van der Waals surface area contributed by atoms with Gasteiger partial charge in [-0.1, -0.05) is 37.0 Å². The molecule has 0 bridgehead atoms. The fraction of sp³-hybridized carbons (Fsp3) is 0.357. The number of hydrogen-bond donors (Lipinski definition) is 3. The first-order chi connectivity index (χ1) is 23.1. The van der Waals surface area contributed by atoms with Crippen LogP contribution >= 0.6 is 0 Å². The Morgan fingerprint density at radius 2 is 1.31 bits per heavy atom. The van der Waals surface area contributed by atoms with Crippen molar-refractivity contribution in [3.8, 4) is 11.6 Å². The molecule has 5 rings (SSSR count). The van der Waals surface area contributed by atoms with Gasteiger partial charge in [-0.3, -0.25) is 4.79 Å². The van der Waals surface area contributed by atoms with E-state index in [0.29, 0.717) is 42.8 Å². The minimum Gasteiger partial charge on any atom is -0.465 e. The summed E-state index contributed by atoms with van der Waals surface area (Å²) < 4.78 is 17.9. The van der Waals surface area contributed by atoms with Gasteiger partial charge in [-0.2, -0.15) is 19.6 Å². The van der Waals surface area contributed by atoms with E-state index in [2.05, 4.69) is 50.9 Å². The zero-order chi connectivity index (χ0) is 34.5. The van der Waals surface area contributed by atoms with E-state index in [1.807, 2.05) is 13.8 Å². The largest absolute Gasteiger partial charge is 0.465 e. The van der Waals surface area contributed by atoms with Crippen LogP contribution in [0, 0.1) is 13.8 Å². The molecule has 5 aromatic heterocycles.